The predicted octanol–water partition coefficient (Wildman–Crippen LogP) is 0.383. The number of nitrogens with zero attached hydrogens (tertiary/aromatic N) is 2. The van der Waals surface area contributed by atoms with Crippen LogP contribution in [-0.2, 0) is 19.6 Å². The molecule has 1 aliphatic heterocycles. The van der Waals surface area contributed by atoms with Crippen molar-refractivity contribution >= 4 is 21.9 Å². The van der Waals surface area contributed by atoms with Gasteiger partial charge in [0.2, 0.25) is 15.9 Å². The van der Waals surface area contributed by atoms with E-state index in [9.17, 15) is 18.0 Å². The molecule has 0 radical (unpaired) electrons. The van der Waals surface area contributed by atoms with Crippen molar-refractivity contribution in [3.05, 3.63) is 30.3 Å². The minimum Gasteiger partial charge on any atom is -0.480 e. The van der Waals surface area contributed by atoms with Crippen molar-refractivity contribution in [3.63, 3.8) is 0 Å². The monoisotopic (exact) mass is 326 g/mol. The second-order valence-electron chi connectivity index (χ2n) is 5.16. The molecule has 120 valence electrons. The van der Waals surface area contributed by atoms with Gasteiger partial charge in [-0.05, 0) is 25.0 Å². The van der Waals surface area contributed by atoms with Gasteiger partial charge in [-0.25, -0.2) is 13.2 Å². The van der Waals surface area contributed by atoms with Gasteiger partial charge in [0, 0.05) is 13.6 Å². The molecule has 8 heteroatoms. The van der Waals surface area contributed by atoms with Crippen molar-refractivity contribution in [1.82, 2.24) is 9.21 Å². The number of rotatable bonds is 5. The Kier molecular flexibility index (Phi) is 4.82. The Hall–Kier alpha value is -1.93. The van der Waals surface area contributed by atoms with Gasteiger partial charge >= 0.3 is 5.97 Å². The average molecular weight is 326 g/mol. The van der Waals surface area contributed by atoms with Gasteiger partial charge in [0.25, 0.3) is 0 Å². The lowest BCUT2D eigenvalue weighted by molar-refractivity contribution is -0.148. The van der Waals surface area contributed by atoms with Crippen LogP contribution in [0.25, 0.3) is 0 Å². The second kappa shape index (κ2) is 6.45. The fourth-order valence-corrected chi connectivity index (χ4v) is 3.60. The molecule has 1 aliphatic rings. The topological polar surface area (TPSA) is 95.0 Å². The van der Waals surface area contributed by atoms with Gasteiger partial charge in [-0.2, -0.15) is 4.31 Å². The lowest BCUT2D eigenvalue weighted by atomic mass is 10.2. The third-order valence-electron chi connectivity index (χ3n) is 3.67. The van der Waals surface area contributed by atoms with Gasteiger partial charge in [0.15, 0.2) is 0 Å². The number of benzene rings is 1. The highest BCUT2D eigenvalue weighted by molar-refractivity contribution is 7.89. The molecule has 22 heavy (non-hydrogen) atoms. The molecule has 1 amide bonds. The maximum Gasteiger partial charge on any atom is 0.326 e. The molecular weight excluding hydrogens is 308 g/mol. The minimum absolute atomic E-state index is 0.0986. The van der Waals surface area contributed by atoms with E-state index < -0.39 is 27.9 Å². The molecular formula is C14H18N2O5S. The number of carbonyl (C=O) groups excluding carboxylic acids is 1. The van der Waals surface area contributed by atoms with E-state index in [1.165, 1.54) is 24.1 Å². The Morgan fingerprint density at radius 3 is 2.55 bits per heavy atom. The molecule has 1 saturated heterocycles. The first-order chi connectivity index (χ1) is 10.3. The summed E-state index contributed by atoms with van der Waals surface area (Å²) in [5.41, 5.74) is 0. The first-order valence-corrected chi connectivity index (χ1v) is 8.31. The third-order valence-corrected chi connectivity index (χ3v) is 5.49. The number of aliphatic carboxylic acids is 1. The Bertz CT molecular complexity index is 659. The molecule has 1 fully saturated rings. The second-order valence-corrected chi connectivity index (χ2v) is 7.20. The summed E-state index contributed by atoms with van der Waals surface area (Å²) in [6.45, 7) is -0.0317. The number of sulfonamides is 1. The highest BCUT2D eigenvalue weighted by atomic mass is 32.2. The molecule has 1 aromatic carbocycles. The molecule has 7 nitrogen and oxygen atoms in total. The van der Waals surface area contributed by atoms with E-state index in [1.54, 1.807) is 18.2 Å². The summed E-state index contributed by atoms with van der Waals surface area (Å²) in [4.78, 5) is 24.6. The zero-order chi connectivity index (χ0) is 16.3. The molecule has 0 aromatic heterocycles. The fraction of sp³-hybridized carbons (Fsp3) is 0.429. The SMILES string of the molecule is CN(CC(=O)N1CCCC1C(=O)O)S(=O)(=O)c1ccccc1. The number of hydrogen-bond acceptors (Lipinski definition) is 4. The highest BCUT2D eigenvalue weighted by Gasteiger charge is 2.35. The fourth-order valence-electron chi connectivity index (χ4n) is 2.46. The van der Waals surface area contributed by atoms with E-state index in [4.69, 9.17) is 5.11 Å². The van der Waals surface area contributed by atoms with E-state index in [0.717, 1.165) is 4.31 Å². The molecule has 0 bridgehead atoms. The molecule has 0 spiro atoms. The molecule has 0 saturated carbocycles. The summed E-state index contributed by atoms with van der Waals surface area (Å²) in [7, 11) is -2.45. The molecule has 1 N–H and O–H groups in total. The summed E-state index contributed by atoms with van der Waals surface area (Å²) < 4.78 is 25.6. The van der Waals surface area contributed by atoms with Crippen LogP contribution >= 0.6 is 0 Å². The van der Waals surface area contributed by atoms with Crippen LogP contribution in [0.2, 0.25) is 0 Å². The maximum absolute atomic E-state index is 12.3. The van der Waals surface area contributed by atoms with Crippen LogP contribution < -0.4 is 0 Å². The van der Waals surface area contributed by atoms with Crippen molar-refractivity contribution in [2.75, 3.05) is 20.1 Å². The van der Waals surface area contributed by atoms with Gasteiger partial charge < -0.3 is 10.0 Å². The summed E-state index contributed by atoms with van der Waals surface area (Å²) in [5.74, 6) is -1.55. The standard InChI is InChI=1S/C14H18N2O5S/c1-15(22(20,21)11-6-3-2-4-7-11)10-13(17)16-9-5-8-12(16)14(18)19/h2-4,6-7,12H,5,8-10H2,1H3,(H,18,19). The summed E-state index contributed by atoms with van der Waals surface area (Å²) >= 11 is 0. The number of carboxylic acids is 1. The lowest BCUT2D eigenvalue weighted by Gasteiger charge is -2.24. The van der Waals surface area contributed by atoms with Crippen molar-refractivity contribution in [3.8, 4) is 0 Å². The van der Waals surface area contributed by atoms with Gasteiger partial charge in [-0.15, -0.1) is 0 Å². The maximum atomic E-state index is 12.3. The van der Waals surface area contributed by atoms with Crippen LogP contribution in [-0.4, -0.2) is 60.8 Å². The van der Waals surface area contributed by atoms with E-state index in [1.807, 2.05) is 0 Å². The van der Waals surface area contributed by atoms with Gasteiger partial charge in [-0.3, -0.25) is 4.79 Å². The average Bonchev–Trinajstić information content (AvgIpc) is 2.97. The van der Waals surface area contributed by atoms with Crippen LogP contribution in [0, 0.1) is 0 Å². The van der Waals surface area contributed by atoms with Gasteiger partial charge in [0.05, 0.1) is 11.4 Å². The lowest BCUT2D eigenvalue weighted by Crippen LogP contribution is -2.45. The smallest absolute Gasteiger partial charge is 0.326 e. The van der Waals surface area contributed by atoms with E-state index >= 15 is 0 Å². The Morgan fingerprint density at radius 2 is 1.95 bits per heavy atom. The van der Waals surface area contributed by atoms with Gasteiger partial charge in [0.1, 0.15) is 6.04 Å². The highest BCUT2D eigenvalue weighted by Crippen LogP contribution is 2.19. The quantitative estimate of drug-likeness (QED) is 0.844. The van der Waals surface area contributed by atoms with E-state index in [2.05, 4.69) is 0 Å². The van der Waals surface area contributed by atoms with Crippen LogP contribution in [0.1, 0.15) is 12.8 Å². The molecule has 1 atom stereocenters. The third kappa shape index (κ3) is 3.28. The largest absolute Gasteiger partial charge is 0.480 e. The first kappa shape index (κ1) is 16.4. The van der Waals surface area contributed by atoms with Crippen LogP contribution in [0.5, 0.6) is 0 Å². The van der Waals surface area contributed by atoms with Crippen molar-refractivity contribution in [1.29, 1.82) is 0 Å². The summed E-state index contributed by atoms with van der Waals surface area (Å²) in [5, 5.41) is 9.08. The number of carbonyl (C=O) groups is 2. The Labute approximate surface area is 129 Å². The number of likely N-dealkylation sites (tertiary alicyclic amines) is 1. The van der Waals surface area contributed by atoms with Crippen molar-refractivity contribution in [2.24, 2.45) is 0 Å². The van der Waals surface area contributed by atoms with Crippen LogP contribution in [0.3, 0.4) is 0 Å². The summed E-state index contributed by atoms with van der Waals surface area (Å²) in [6, 6.07) is 6.94. The van der Waals surface area contributed by atoms with E-state index in [0.29, 0.717) is 19.4 Å². The van der Waals surface area contributed by atoms with E-state index in [-0.39, 0.29) is 11.4 Å². The molecule has 1 heterocycles. The summed E-state index contributed by atoms with van der Waals surface area (Å²) in [6.07, 6.45) is 1.01. The van der Waals surface area contributed by atoms with Crippen LogP contribution in [0.15, 0.2) is 35.2 Å². The van der Waals surface area contributed by atoms with Crippen molar-refractivity contribution in [2.45, 2.75) is 23.8 Å². The zero-order valence-electron chi connectivity index (χ0n) is 12.2. The molecule has 2 rings (SSSR count). The van der Waals surface area contributed by atoms with Crippen LogP contribution in [0.4, 0.5) is 0 Å². The Morgan fingerprint density at radius 1 is 1.32 bits per heavy atom. The number of hydrogen-bond donors (Lipinski definition) is 1. The minimum atomic E-state index is -3.76. The molecule has 0 aliphatic carbocycles. The van der Waals surface area contributed by atoms with Gasteiger partial charge in [-0.1, -0.05) is 18.2 Å². The predicted molar refractivity (Wildman–Crippen MR) is 78.6 cm³/mol. The normalized spacial score (nSPS) is 18.6. The number of amides is 1. The number of likely N-dealkylation sites (N-methyl/N-ethyl adjacent to an activating group) is 1. The first-order valence-electron chi connectivity index (χ1n) is 6.87. The zero-order valence-corrected chi connectivity index (χ0v) is 13.0. The molecule has 1 unspecified atom stereocenters. The number of carboxylic acid groups (broad SMARTS) is 1. The Balaban J connectivity index is 2.10. The van der Waals surface area contributed by atoms with Crippen molar-refractivity contribution < 1.29 is 23.1 Å². The molecule has 1 aromatic rings.